The number of carbonyl (C=O) groups is 3. The molecule has 1 amide bonds. The van der Waals surface area contributed by atoms with Crippen LogP contribution in [0.5, 0.6) is 0 Å². The third kappa shape index (κ3) is 11.7. The number of hydrogen-bond acceptors (Lipinski definition) is 9. The third-order valence-electron chi connectivity index (χ3n) is 2.54. The number of amides is 1. The number of rotatable bonds is 1. The van der Waals surface area contributed by atoms with E-state index in [-0.39, 0.29) is 16.5 Å². The van der Waals surface area contributed by atoms with Crippen molar-refractivity contribution in [2.24, 2.45) is 0 Å². The van der Waals surface area contributed by atoms with Gasteiger partial charge in [0.2, 0.25) is 16.5 Å². The standard InChI is InChI=1S/C7H8ClN3O.C5H6ClN3.C4H6O3/c1-4-6(11-5(2)12)3-9-7(8)10-4;1-3-4(7)2-8-5(6)9-3;1-3(5)7-4(2)6/h3H,1-2H3,(H,11,12);2H,7H2,1H3;1-2H3. The molecule has 2 heterocycles. The zero-order chi connectivity index (χ0) is 21.9. The van der Waals surface area contributed by atoms with Gasteiger partial charge in [-0.25, -0.2) is 19.9 Å². The summed E-state index contributed by atoms with van der Waals surface area (Å²) in [7, 11) is 0. The SMILES string of the molecule is CC(=O)Nc1cnc(Cl)nc1C.CC(=O)OC(C)=O.Cc1nc(Cl)ncc1N. The van der Waals surface area contributed by atoms with Crippen LogP contribution >= 0.6 is 23.2 Å². The van der Waals surface area contributed by atoms with E-state index in [0.29, 0.717) is 17.1 Å². The first kappa shape index (κ1) is 25.1. The Kier molecular flexibility index (Phi) is 11.2. The van der Waals surface area contributed by atoms with Crippen molar-refractivity contribution in [3.63, 3.8) is 0 Å². The third-order valence-corrected chi connectivity index (χ3v) is 2.90. The molecule has 3 N–H and O–H groups in total. The summed E-state index contributed by atoms with van der Waals surface area (Å²) in [5.74, 6) is -1.27. The zero-order valence-corrected chi connectivity index (χ0v) is 17.4. The first-order chi connectivity index (χ1) is 12.9. The quantitative estimate of drug-likeness (QED) is 0.394. The summed E-state index contributed by atoms with van der Waals surface area (Å²) in [6, 6.07) is 0. The minimum Gasteiger partial charge on any atom is -0.396 e. The molecule has 2 rings (SSSR count). The lowest BCUT2D eigenvalue weighted by Gasteiger charge is -2.03. The number of hydrogen-bond donors (Lipinski definition) is 2. The van der Waals surface area contributed by atoms with Crippen molar-refractivity contribution in [2.75, 3.05) is 11.1 Å². The van der Waals surface area contributed by atoms with E-state index in [9.17, 15) is 14.4 Å². The second-order valence-corrected chi connectivity index (χ2v) is 5.76. The Balaban J connectivity index is 0.000000408. The Morgan fingerprint density at radius 2 is 1.39 bits per heavy atom. The summed E-state index contributed by atoms with van der Waals surface area (Å²) in [5.41, 5.74) is 7.94. The van der Waals surface area contributed by atoms with Crippen LogP contribution < -0.4 is 11.1 Å². The highest BCUT2D eigenvalue weighted by Gasteiger charge is 2.02. The molecule has 2 aromatic heterocycles. The van der Waals surface area contributed by atoms with E-state index in [4.69, 9.17) is 28.9 Å². The van der Waals surface area contributed by atoms with Gasteiger partial charge in [-0.1, -0.05) is 0 Å². The van der Waals surface area contributed by atoms with Gasteiger partial charge in [-0.05, 0) is 37.0 Å². The number of nitrogens with zero attached hydrogens (tertiary/aromatic N) is 4. The average Bonchev–Trinajstić information content (AvgIpc) is 2.53. The highest BCUT2D eigenvalue weighted by atomic mass is 35.5. The number of ether oxygens (including phenoxy) is 1. The second-order valence-electron chi connectivity index (χ2n) is 5.08. The highest BCUT2D eigenvalue weighted by molar-refractivity contribution is 6.28. The number of nitrogen functional groups attached to an aromatic ring is 1. The second kappa shape index (κ2) is 12.5. The van der Waals surface area contributed by atoms with E-state index in [1.165, 1.54) is 33.2 Å². The maximum Gasteiger partial charge on any atom is 0.310 e. The molecule has 0 aliphatic carbocycles. The van der Waals surface area contributed by atoms with Crippen molar-refractivity contribution in [2.45, 2.75) is 34.6 Å². The fourth-order valence-corrected chi connectivity index (χ4v) is 1.75. The van der Waals surface area contributed by atoms with Crippen molar-refractivity contribution >= 4 is 52.4 Å². The highest BCUT2D eigenvalue weighted by Crippen LogP contribution is 2.12. The minimum absolute atomic E-state index is 0.149. The lowest BCUT2D eigenvalue weighted by Crippen LogP contribution is -2.08. The monoisotopic (exact) mass is 430 g/mol. The lowest BCUT2D eigenvalue weighted by atomic mass is 10.4. The van der Waals surface area contributed by atoms with Gasteiger partial charge < -0.3 is 15.8 Å². The minimum atomic E-state index is -0.562. The summed E-state index contributed by atoms with van der Waals surface area (Å²) >= 11 is 11.0. The van der Waals surface area contributed by atoms with Gasteiger partial charge >= 0.3 is 11.9 Å². The molecule has 0 saturated heterocycles. The molecule has 0 fully saturated rings. The predicted molar refractivity (Wildman–Crippen MR) is 105 cm³/mol. The first-order valence-electron chi connectivity index (χ1n) is 7.62. The van der Waals surface area contributed by atoms with Crippen LogP contribution in [0.4, 0.5) is 11.4 Å². The van der Waals surface area contributed by atoms with Crippen LogP contribution in [-0.2, 0) is 19.1 Å². The van der Waals surface area contributed by atoms with Crippen molar-refractivity contribution in [3.8, 4) is 0 Å². The van der Waals surface area contributed by atoms with Gasteiger partial charge in [0, 0.05) is 20.8 Å². The van der Waals surface area contributed by atoms with Crippen molar-refractivity contribution in [1.82, 2.24) is 19.9 Å². The van der Waals surface area contributed by atoms with E-state index in [1.807, 2.05) is 0 Å². The molecule has 2 aromatic rings. The molecule has 0 radical (unpaired) electrons. The number of nitrogens with two attached hydrogens (primary N) is 1. The van der Waals surface area contributed by atoms with Crippen molar-refractivity contribution in [1.29, 1.82) is 0 Å². The molecule has 0 aliphatic heterocycles. The van der Waals surface area contributed by atoms with Crippen LogP contribution in [0.2, 0.25) is 10.6 Å². The van der Waals surface area contributed by atoms with Gasteiger partial charge in [-0.2, -0.15) is 0 Å². The smallest absolute Gasteiger partial charge is 0.310 e. The van der Waals surface area contributed by atoms with Crippen LogP contribution in [0.3, 0.4) is 0 Å². The summed E-state index contributed by atoms with van der Waals surface area (Å²) in [6.45, 7) is 7.32. The lowest BCUT2D eigenvalue weighted by molar-refractivity contribution is -0.156. The van der Waals surface area contributed by atoms with E-state index in [2.05, 4.69) is 30.0 Å². The average molecular weight is 431 g/mol. The molecule has 10 nitrogen and oxygen atoms in total. The van der Waals surface area contributed by atoms with Gasteiger partial charge in [-0.15, -0.1) is 0 Å². The Bertz CT molecular complexity index is 836. The van der Waals surface area contributed by atoms with Gasteiger partial charge in [0.1, 0.15) is 0 Å². The number of anilines is 2. The largest absolute Gasteiger partial charge is 0.396 e. The summed E-state index contributed by atoms with van der Waals surface area (Å²) in [6.07, 6.45) is 2.97. The van der Waals surface area contributed by atoms with Crippen LogP contribution in [0.25, 0.3) is 0 Å². The molecular formula is C16H20Cl2N6O4. The molecule has 28 heavy (non-hydrogen) atoms. The number of aromatic nitrogens is 4. The molecule has 12 heteroatoms. The maximum absolute atomic E-state index is 10.7. The Hall–Kier alpha value is -2.85. The van der Waals surface area contributed by atoms with E-state index >= 15 is 0 Å². The Morgan fingerprint density at radius 3 is 1.71 bits per heavy atom. The number of esters is 2. The van der Waals surface area contributed by atoms with Gasteiger partial charge in [-0.3, -0.25) is 14.4 Å². The molecule has 0 aromatic carbocycles. The van der Waals surface area contributed by atoms with Crippen molar-refractivity contribution in [3.05, 3.63) is 34.3 Å². The Morgan fingerprint density at radius 1 is 0.929 bits per heavy atom. The fourth-order valence-electron chi connectivity index (χ4n) is 1.40. The van der Waals surface area contributed by atoms with Gasteiger partial charge in [0.15, 0.2) is 0 Å². The molecule has 0 saturated carbocycles. The van der Waals surface area contributed by atoms with Crippen molar-refractivity contribution < 1.29 is 19.1 Å². The van der Waals surface area contributed by atoms with Gasteiger partial charge in [0.25, 0.3) is 0 Å². The molecule has 152 valence electrons. The van der Waals surface area contributed by atoms with Crippen LogP contribution in [-0.4, -0.2) is 37.8 Å². The molecule has 0 atom stereocenters. The number of carbonyl (C=O) groups excluding carboxylic acids is 3. The summed E-state index contributed by atoms with van der Waals surface area (Å²) in [5, 5.41) is 3.00. The predicted octanol–water partition coefficient (Wildman–Crippen LogP) is 2.51. The first-order valence-corrected chi connectivity index (χ1v) is 8.38. The molecular weight excluding hydrogens is 411 g/mol. The topological polar surface area (TPSA) is 150 Å². The van der Waals surface area contributed by atoms with Gasteiger partial charge in [0.05, 0.1) is 35.2 Å². The fraction of sp³-hybridized carbons (Fsp3) is 0.312. The van der Waals surface area contributed by atoms with Crippen LogP contribution in [0.15, 0.2) is 12.4 Å². The maximum atomic E-state index is 10.7. The molecule has 0 unspecified atom stereocenters. The van der Waals surface area contributed by atoms with Crippen LogP contribution in [0.1, 0.15) is 32.2 Å². The van der Waals surface area contributed by atoms with E-state index in [0.717, 1.165) is 5.69 Å². The number of aryl methyl sites for hydroxylation is 2. The molecule has 0 aliphatic rings. The zero-order valence-electron chi connectivity index (χ0n) is 15.9. The number of halogens is 2. The van der Waals surface area contributed by atoms with E-state index < -0.39 is 11.9 Å². The summed E-state index contributed by atoms with van der Waals surface area (Å²) < 4.78 is 3.97. The molecule has 0 spiro atoms. The van der Waals surface area contributed by atoms with E-state index in [1.54, 1.807) is 13.8 Å². The number of nitrogens with one attached hydrogen (secondary N) is 1. The Labute approximate surface area is 171 Å². The normalized spacial score (nSPS) is 9.11. The van der Waals surface area contributed by atoms with Crippen LogP contribution in [0, 0.1) is 13.8 Å². The molecule has 0 bridgehead atoms. The summed E-state index contributed by atoms with van der Waals surface area (Å²) in [4.78, 5) is 45.3.